The standard InChI is InChI=1S/C27H29N7O2/c1-33(14-5-3-2-4-6-25(35)36)22-11-9-21(10-12-22)30-26-27-28-13-15-34(27)18-24(31-26)19-7-8-20-17-29-32-23(20)16-19/h7-13,15-18H,2-6,14H2,1H3,(H,29,32)(H,30,31)(H,35,36). The number of rotatable bonds is 11. The minimum atomic E-state index is -0.716. The normalized spacial score (nSPS) is 11.2. The zero-order valence-electron chi connectivity index (χ0n) is 20.2. The highest BCUT2D eigenvalue weighted by atomic mass is 16.4. The molecule has 184 valence electrons. The first-order valence-electron chi connectivity index (χ1n) is 12.1. The quantitative estimate of drug-likeness (QED) is 0.213. The number of fused-ring (bicyclic) bond motifs is 2. The SMILES string of the molecule is CN(CCCCCCC(=O)O)c1ccc(Nc2nc(-c3ccc4cn[nH]c4c3)cn3ccnc23)cc1. The van der Waals surface area contributed by atoms with Crippen LogP contribution in [0.3, 0.4) is 0 Å². The van der Waals surface area contributed by atoms with Gasteiger partial charge in [-0.25, -0.2) is 9.97 Å². The lowest BCUT2D eigenvalue weighted by atomic mass is 10.1. The zero-order chi connectivity index (χ0) is 24.9. The average molecular weight is 484 g/mol. The Hall–Kier alpha value is -4.40. The number of aromatic nitrogens is 5. The molecule has 3 N–H and O–H groups in total. The number of unbranched alkanes of at least 4 members (excludes halogenated alkanes) is 3. The molecule has 5 aromatic rings. The third kappa shape index (κ3) is 5.30. The van der Waals surface area contributed by atoms with E-state index in [1.165, 1.54) is 0 Å². The van der Waals surface area contributed by atoms with Crippen molar-refractivity contribution >= 4 is 39.7 Å². The fraction of sp³-hybridized carbons (Fsp3) is 0.259. The summed E-state index contributed by atoms with van der Waals surface area (Å²) in [5.74, 6) is -0.0310. The van der Waals surface area contributed by atoms with Gasteiger partial charge in [0.15, 0.2) is 11.5 Å². The fourth-order valence-electron chi connectivity index (χ4n) is 4.29. The molecule has 0 fully saturated rings. The van der Waals surface area contributed by atoms with Gasteiger partial charge in [-0.2, -0.15) is 5.10 Å². The molecule has 36 heavy (non-hydrogen) atoms. The van der Waals surface area contributed by atoms with Crippen molar-refractivity contribution in [3.63, 3.8) is 0 Å². The van der Waals surface area contributed by atoms with E-state index in [1.54, 1.807) is 6.20 Å². The van der Waals surface area contributed by atoms with Gasteiger partial charge in [-0.3, -0.25) is 9.89 Å². The van der Waals surface area contributed by atoms with Crippen molar-refractivity contribution in [3.05, 3.63) is 67.3 Å². The van der Waals surface area contributed by atoms with Gasteiger partial charge >= 0.3 is 5.97 Å². The second-order valence-electron chi connectivity index (χ2n) is 8.96. The Bertz CT molecular complexity index is 1470. The highest BCUT2D eigenvalue weighted by molar-refractivity contribution is 5.84. The number of benzene rings is 2. The molecule has 0 saturated carbocycles. The molecule has 9 nitrogen and oxygen atoms in total. The lowest BCUT2D eigenvalue weighted by Crippen LogP contribution is -2.18. The second kappa shape index (κ2) is 10.5. The zero-order valence-corrected chi connectivity index (χ0v) is 20.2. The van der Waals surface area contributed by atoms with Gasteiger partial charge in [0.25, 0.3) is 0 Å². The van der Waals surface area contributed by atoms with Crippen molar-refractivity contribution in [2.24, 2.45) is 0 Å². The number of H-pyrrole nitrogens is 1. The molecular formula is C27H29N7O2. The molecule has 3 aromatic heterocycles. The average Bonchev–Trinajstić information content (AvgIpc) is 3.55. The van der Waals surface area contributed by atoms with Crippen molar-refractivity contribution in [1.82, 2.24) is 24.6 Å². The fourth-order valence-corrected chi connectivity index (χ4v) is 4.29. The molecule has 0 bridgehead atoms. The van der Waals surface area contributed by atoms with Crippen molar-refractivity contribution in [2.45, 2.75) is 32.1 Å². The van der Waals surface area contributed by atoms with Gasteiger partial charge in [0.2, 0.25) is 0 Å². The molecule has 0 spiro atoms. The molecule has 0 aliphatic carbocycles. The summed E-state index contributed by atoms with van der Waals surface area (Å²) < 4.78 is 1.97. The summed E-state index contributed by atoms with van der Waals surface area (Å²) in [5.41, 5.74) is 5.61. The maximum Gasteiger partial charge on any atom is 0.303 e. The number of carbonyl (C=O) groups is 1. The Labute approximate surface area is 208 Å². The Kier molecular flexibility index (Phi) is 6.79. The van der Waals surface area contributed by atoms with E-state index in [-0.39, 0.29) is 6.42 Å². The van der Waals surface area contributed by atoms with Gasteiger partial charge in [-0.1, -0.05) is 25.0 Å². The molecule has 0 aliphatic rings. The van der Waals surface area contributed by atoms with Crippen molar-refractivity contribution in [2.75, 3.05) is 23.8 Å². The van der Waals surface area contributed by atoms with Crippen molar-refractivity contribution < 1.29 is 9.90 Å². The second-order valence-corrected chi connectivity index (χ2v) is 8.96. The summed E-state index contributed by atoms with van der Waals surface area (Å²) in [6.07, 6.45) is 11.5. The van der Waals surface area contributed by atoms with Gasteiger partial charge in [-0.15, -0.1) is 0 Å². The summed E-state index contributed by atoms with van der Waals surface area (Å²) in [7, 11) is 2.08. The van der Waals surface area contributed by atoms with Gasteiger partial charge in [0.05, 0.1) is 17.4 Å². The Balaban J connectivity index is 1.27. The monoisotopic (exact) mass is 483 g/mol. The van der Waals surface area contributed by atoms with Gasteiger partial charge in [-0.05, 0) is 43.2 Å². The minimum absolute atomic E-state index is 0.257. The topological polar surface area (TPSA) is 111 Å². The largest absolute Gasteiger partial charge is 0.481 e. The summed E-state index contributed by atoms with van der Waals surface area (Å²) >= 11 is 0. The van der Waals surface area contributed by atoms with Crippen LogP contribution in [0.15, 0.2) is 67.3 Å². The van der Waals surface area contributed by atoms with Crippen molar-refractivity contribution in [1.29, 1.82) is 0 Å². The number of nitrogens with zero attached hydrogens (tertiary/aromatic N) is 5. The summed E-state index contributed by atoms with van der Waals surface area (Å²) in [6.45, 7) is 0.929. The third-order valence-electron chi connectivity index (χ3n) is 6.32. The van der Waals surface area contributed by atoms with Crippen LogP contribution in [0.2, 0.25) is 0 Å². The first-order valence-corrected chi connectivity index (χ1v) is 12.1. The van der Waals surface area contributed by atoms with E-state index < -0.39 is 5.97 Å². The van der Waals surface area contributed by atoms with Gasteiger partial charge in [0, 0.05) is 60.9 Å². The van der Waals surface area contributed by atoms with Crippen LogP contribution in [-0.4, -0.2) is 49.2 Å². The molecule has 0 aliphatic heterocycles. The van der Waals surface area contributed by atoms with Crippen LogP contribution in [-0.2, 0) is 4.79 Å². The Morgan fingerprint density at radius 3 is 2.78 bits per heavy atom. The number of hydrogen-bond donors (Lipinski definition) is 3. The molecule has 2 aromatic carbocycles. The first kappa shape index (κ1) is 23.3. The van der Waals surface area contributed by atoms with E-state index in [4.69, 9.17) is 10.1 Å². The molecule has 0 saturated heterocycles. The van der Waals surface area contributed by atoms with Gasteiger partial charge in [0.1, 0.15) is 0 Å². The summed E-state index contributed by atoms with van der Waals surface area (Å²) in [5, 5.41) is 20.4. The number of hydrogen-bond acceptors (Lipinski definition) is 6. The maximum atomic E-state index is 10.6. The number of imidazole rings is 1. The van der Waals surface area contributed by atoms with Crippen molar-refractivity contribution in [3.8, 4) is 11.3 Å². The first-order chi connectivity index (χ1) is 17.6. The molecule has 0 amide bonds. The highest BCUT2D eigenvalue weighted by Crippen LogP contribution is 2.27. The predicted octanol–water partition coefficient (Wildman–Crippen LogP) is 5.49. The summed E-state index contributed by atoms with van der Waals surface area (Å²) in [4.78, 5) is 22.2. The van der Waals surface area contributed by atoms with E-state index in [1.807, 2.05) is 53.3 Å². The van der Waals surface area contributed by atoms with Crippen LogP contribution in [0, 0.1) is 0 Å². The lowest BCUT2D eigenvalue weighted by molar-refractivity contribution is -0.137. The Morgan fingerprint density at radius 2 is 1.94 bits per heavy atom. The number of aromatic amines is 1. The molecule has 0 atom stereocenters. The lowest BCUT2D eigenvalue weighted by Gasteiger charge is -2.19. The highest BCUT2D eigenvalue weighted by Gasteiger charge is 2.11. The number of nitrogens with one attached hydrogen (secondary N) is 2. The number of carboxylic acids is 1. The molecule has 5 rings (SSSR count). The Morgan fingerprint density at radius 1 is 1.11 bits per heavy atom. The molecular weight excluding hydrogens is 454 g/mol. The van der Waals surface area contributed by atoms with Crippen LogP contribution in [0.4, 0.5) is 17.2 Å². The molecule has 9 heteroatoms. The molecule has 0 radical (unpaired) electrons. The minimum Gasteiger partial charge on any atom is -0.481 e. The summed E-state index contributed by atoms with van der Waals surface area (Å²) in [6, 6.07) is 14.4. The maximum absolute atomic E-state index is 10.6. The van der Waals surface area contributed by atoms with E-state index in [0.29, 0.717) is 5.82 Å². The van der Waals surface area contributed by atoms with Gasteiger partial charge < -0.3 is 19.7 Å². The predicted molar refractivity (Wildman–Crippen MR) is 142 cm³/mol. The number of aliphatic carboxylic acids is 1. The molecule has 3 heterocycles. The smallest absolute Gasteiger partial charge is 0.303 e. The number of anilines is 3. The molecule has 0 unspecified atom stereocenters. The van der Waals surface area contributed by atoms with E-state index in [9.17, 15) is 4.79 Å². The number of carboxylic acid groups (broad SMARTS) is 1. The van der Waals surface area contributed by atoms with Crippen LogP contribution in [0.1, 0.15) is 32.1 Å². The van der Waals surface area contributed by atoms with E-state index in [0.717, 1.165) is 71.4 Å². The van der Waals surface area contributed by atoms with Crippen LogP contribution >= 0.6 is 0 Å². The van der Waals surface area contributed by atoms with Crippen LogP contribution in [0.5, 0.6) is 0 Å². The third-order valence-corrected chi connectivity index (χ3v) is 6.32. The van der Waals surface area contributed by atoms with Crippen LogP contribution in [0.25, 0.3) is 27.8 Å². The van der Waals surface area contributed by atoms with E-state index in [2.05, 4.69) is 44.6 Å². The van der Waals surface area contributed by atoms with Crippen LogP contribution < -0.4 is 10.2 Å². The van der Waals surface area contributed by atoms with E-state index >= 15 is 0 Å².